The van der Waals surface area contributed by atoms with Crippen molar-refractivity contribution in [3.63, 3.8) is 0 Å². The molecule has 0 amide bonds. The molecule has 0 fully saturated rings. The Hall–Kier alpha value is -2.48. The largest absolute Gasteiger partial charge is 0.464 e. The first-order chi connectivity index (χ1) is 10.5. The molecule has 1 aromatic heterocycles. The standard InChI is InChI=1S/C14H8BrClN4O2/c1-22-14(21)13-12(19)7(4-17)6-20(13)10-3-2-9(15)11(16)8(10)5-18/h2-3,6H,19H2,1H3. The minimum Gasteiger partial charge on any atom is -0.464 e. The number of nitrogen functional groups attached to an aromatic ring is 1. The summed E-state index contributed by atoms with van der Waals surface area (Å²) in [5.41, 5.74) is 6.33. The zero-order valence-electron chi connectivity index (χ0n) is 11.2. The Morgan fingerprint density at radius 2 is 2.09 bits per heavy atom. The van der Waals surface area contributed by atoms with Crippen LogP contribution in [0.1, 0.15) is 21.6 Å². The highest BCUT2D eigenvalue weighted by Gasteiger charge is 2.24. The van der Waals surface area contributed by atoms with Gasteiger partial charge in [0, 0.05) is 10.7 Å². The van der Waals surface area contributed by atoms with Crippen LogP contribution < -0.4 is 5.73 Å². The van der Waals surface area contributed by atoms with E-state index in [1.165, 1.54) is 17.9 Å². The lowest BCUT2D eigenvalue weighted by Crippen LogP contribution is -2.12. The lowest BCUT2D eigenvalue weighted by molar-refractivity contribution is 0.0593. The fraction of sp³-hybridized carbons (Fsp3) is 0.0714. The molecule has 0 aliphatic rings. The highest BCUT2D eigenvalue weighted by Crippen LogP contribution is 2.33. The van der Waals surface area contributed by atoms with Crippen molar-refractivity contribution < 1.29 is 9.53 Å². The third-order valence-electron chi connectivity index (χ3n) is 2.99. The molecule has 6 nitrogen and oxygen atoms in total. The van der Waals surface area contributed by atoms with Crippen LogP contribution in [0.4, 0.5) is 5.69 Å². The van der Waals surface area contributed by atoms with Crippen molar-refractivity contribution in [2.45, 2.75) is 0 Å². The average molecular weight is 380 g/mol. The third-order valence-corrected chi connectivity index (χ3v) is 4.27. The van der Waals surface area contributed by atoms with Crippen LogP contribution in [-0.4, -0.2) is 17.6 Å². The number of carbonyl (C=O) groups is 1. The second kappa shape index (κ2) is 6.10. The highest BCUT2D eigenvalue weighted by molar-refractivity contribution is 9.10. The average Bonchev–Trinajstić information content (AvgIpc) is 2.85. The zero-order valence-corrected chi connectivity index (χ0v) is 13.6. The number of hydrogen-bond acceptors (Lipinski definition) is 5. The predicted octanol–water partition coefficient (Wildman–Crippen LogP) is 3.01. The van der Waals surface area contributed by atoms with E-state index in [9.17, 15) is 10.1 Å². The molecule has 0 radical (unpaired) electrons. The summed E-state index contributed by atoms with van der Waals surface area (Å²) in [7, 11) is 1.20. The lowest BCUT2D eigenvalue weighted by Gasteiger charge is -2.11. The summed E-state index contributed by atoms with van der Waals surface area (Å²) in [5.74, 6) is -0.720. The molecule has 0 bridgehead atoms. The maximum absolute atomic E-state index is 12.0. The van der Waals surface area contributed by atoms with Crippen LogP contribution in [0.15, 0.2) is 22.8 Å². The van der Waals surface area contributed by atoms with E-state index in [2.05, 4.69) is 15.9 Å². The maximum Gasteiger partial charge on any atom is 0.357 e. The Labute approximate surface area is 139 Å². The third kappa shape index (κ3) is 2.41. The molecule has 0 saturated carbocycles. The molecule has 2 rings (SSSR count). The fourth-order valence-corrected chi connectivity index (χ4v) is 2.48. The SMILES string of the molecule is COC(=O)c1c(N)c(C#N)cn1-c1ccc(Br)c(Cl)c1C#N. The number of ether oxygens (including phenoxy) is 1. The first-order valence-electron chi connectivity index (χ1n) is 5.84. The van der Waals surface area contributed by atoms with Gasteiger partial charge in [-0.3, -0.25) is 0 Å². The van der Waals surface area contributed by atoms with E-state index < -0.39 is 5.97 Å². The Kier molecular flexibility index (Phi) is 4.41. The van der Waals surface area contributed by atoms with Crippen molar-refractivity contribution >= 4 is 39.2 Å². The summed E-state index contributed by atoms with van der Waals surface area (Å²) in [6.07, 6.45) is 1.36. The van der Waals surface area contributed by atoms with Gasteiger partial charge in [-0.1, -0.05) is 11.6 Å². The molecule has 0 unspecified atom stereocenters. The van der Waals surface area contributed by atoms with Crippen LogP contribution >= 0.6 is 27.5 Å². The Morgan fingerprint density at radius 3 is 2.64 bits per heavy atom. The van der Waals surface area contributed by atoms with Crippen molar-refractivity contribution in [3.8, 4) is 17.8 Å². The predicted molar refractivity (Wildman–Crippen MR) is 83.7 cm³/mol. The molecule has 0 spiro atoms. The van der Waals surface area contributed by atoms with Gasteiger partial charge in [-0.05, 0) is 28.1 Å². The monoisotopic (exact) mass is 378 g/mol. The molecule has 8 heteroatoms. The van der Waals surface area contributed by atoms with E-state index in [0.717, 1.165) is 0 Å². The van der Waals surface area contributed by atoms with Crippen LogP contribution in [0.5, 0.6) is 0 Å². The number of esters is 1. The molecule has 2 aromatic rings. The fourth-order valence-electron chi connectivity index (χ4n) is 1.95. The second-order valence-corrected chi connectivity index (χ2v) is 5.38. The van der Waals surface area contributed by atoms with Gasteiger partial charge in [0.15, 0.2) is 5.69 Å². The van der Waals surface area contributed by atoms with Gasteiger partial charge >= 0.3 is 5.97 Å². The number of nitrogens with two attached hydrogens (primary N) is 1. The van der Waals surface area contributed by atoms with Crippen LogP contribution in [-0.2, 0) is 4.74 Å². The smallest absolute Gasteiger partial charge is 0.357 e. The molecule has 22 heavy (non-hydrogen) atoms. The number of aromatic nitrogens is 1. The van der Waals surface area contributed by atoms with Gasteiger partial charge in [-0.25, -0.2) is 4.79 Å². The van der Waals surface area contributed by atoms with E-state index in [1.807, 2.05) is 12.1 Å². The van der Waals surface area contributed by atoms with E-state index in [-0.39, 0.29) is 27.5 Å². The van der Waals surface area contributed by atoms with Gasteiger partial charge < -0.3 is 15.0 Å². The first-order valence-corrected chi connectivity index (χ1v) is 7.01. The van der Waals surface area contributed by atoms with Gasteiger partial charge in [0.25, 0.3) is 0 Å². The molecule has 0 saturated heterocycles. The number of anilines is 1. The minimum atomic E-state index is -0.720. The number of rotatable bonds is 2. The molecule has 0 aliphatic heterocycles. The van der Waals surface area contributed by atoms with Gasteiger partial charge in [0.2, 0.25) is 0 Å². The van der Waals surface area contributed by atoms with E-state index in [4.69, 9.17) is 27.3 Å². The first kappa shape index (κ1) is 15.9. The maximum atomic E-state index is 12.0. The van der Waals surface area contributed by atoms with Crippen molar-refractivity contribution in [1.82, 2.24) is 4.57 Å². The van der Waals surface area contributed by atoms with Crippen LogP contribution in [0.2, 0.25) is 5.02 Å². The van der Waals surface area contributed by atoms with Crippen molar-refractivity contribution in [2.24, 2.45) is 0 Å². The summed E-state index contributed by atoms with van der Waals surface area (Å²) in [6, 6.07) is 7.08. The highest BCUT2D eigenvalue weighted by atomic mass is 79.9. The molecular formula is C14H8BrClN4O2. The quantitative estimate of drug-likeness (QED) is 0.808. The number of benzene rings is 1. The van der Waals surface area contributed by atoms with Gasteiger partial charge in [-0.15, -0.1) is 0 Å². The summed E-state index contributed by atoms with van der Waals surface area (Å²) in [4.78, 5) is 12.0. The zero-order chi connectivity index (χ0) is 16.4. The lowest BCUT2D eigenvalue weighted by atomic mass is 10.2. The number of nitriles is 2. The van der Waals surface area contributed by atoms with E-state index >= 15 is 0 Å². The normalized spacial score (nSPS) is 9.86. The number of nitrogens with zero attached hydrogens (tertiary/aromatic N) is 3. The Bertz CT molecular complexity index is 861. The van der Waals surface area contributed by atoms with Crippen LogP contribution in [0, 0.1) is 22.7 Å². The van der Waals surface area contributed by atoms with E-state index in [0.29, 0.717) is 10.2 Å². The topological polar surface area (TPSA) is 105 Å². The molecule has 2 N–H and O–H groups in total. The number of carbonyl (C=O) groups excluding carboxylic acids is 1. The molecule has 1 aromatic carbocycles. The van der Waals surface area contributed by atoms with E-state index in [1.54, 1.807) is 12.1 Å². The molecule has 0 aliphatic carbocycles. The number of halogens is 2. The van der Waals surface area contributed by atoms with Gasteiger partial charge in [0.05, 0.1) is 34.6 Å². The van der Waals surface area contributed by atoms with Gasteiger partial charge in [-0.2, -0.15) is 10.5 Å². The summed E-state index contributed by atoms with van der Waals surface area (Å²) < 4.78 is 6.56. The Balaban J connectivity index is 2.85. The Morgan fingerprint density at radius 1 is 1.41 bits per heavy atom. The number of methoxy groups -OCH3 is 1. The summed E-state index contributed by atoms with van der Waals surface area (Å²) in [6.45, 7) is 0. The van der Waals surface area contributed by atoms with Gasteiger partial charge in [0.1, 0.15) is 12.1 Å². The molecule has 110 valence electrons. The molecule has 0 atom stereocenters. The van der Waals surface area contributed by atoms with Crippen LogP contribution in [0.3, 0.4) is 0 Å². The molecule has 1 heterocycles. The second-order valence-electron chi connectivity index (χ2n) is 4.15. The minimum absolute atomic E-state index is 0.0164. The summed E-state index contributed by atoms with van der Waals surface area (Å²) >= 11 is 9.33. The molecular weight excluding hydrogens is 372 g/mol. The number of hydrogen-bond donors (Lipinski definition) is 1. The van der Waals surface area contributed by atoms with Crippen molar-refractivity contribution in [2.75, 3.05) is 12.8 Å². The van der Waals surface area contributed by atoms with Crippen molar-refractivity contribution in [1.29, 1.82) is 10.5 Å². The summed E-state index contributed by atoms with van der Waals surface area (Å²) in [5, 5.41) is 18.6. The van der Waals surface area contributed by atoms with Crippen LogP contribution in [0.25, 0.3) is 5.69 Å². The van der Waals surface area contributed by atoms with Crippen molar-refractivity contribution in [3.05, 3.63) is 44.6 Å².